The standard InChI is InChI=1S/C17H36N6O2S.HI/c1-5-12-26(24,25)23-8-6-15(7-9-23)20-17(18-2)19-13-16-14-21(3)10-11-22(16)4;/h15-16H,5-14H2,1-4H3,(H2,18,19,20);1H. The molecule has 27 heavy (non-hydrogen) atoms. The number of nitrogens with zero attached hydrogens (tertiary/aromatic N) is 4. The van der Waals surface area contributed by atoms with Crippen LogP contribution in [-0.2, 0) is 10.0 Å². The molecular formula is C17H37IN6O2S. The van der Waals surface area contributed by atoms with E-state index in [0.717, 1.165) is 45.0 Å². The monoisotopic (exact) mass is 516 g/mol. The molecule has 0 bridgehead atoms. The molecule has 2 fully saturated rings. The van der Waals surface area contributed by atoms with Gasteiger partial charge in [0, 0.05) is 58.4 Å². The average Bonchev–Trinajstić information content (AvgIpc) is 2.61. The van der Waals surface area contributed by atoms with Crippen LogP contribution in [0.25, 0.3) is 0 Å². The van der Waals surface area contributed by atoms with E-state index < -0.39 is 10.0 Å². The topological polar surface area (TPSA) is 80.3 Å². The van der Waals surface area contributed by atoms with Gasteiger partial charge in [-0.05, 0) is 33.4 Å². The Labute approximate surface area is 182 Å². The van der Waals surface area contributed by atoms with Crippen molar-refractivity contribution in [3.63, 3.8) is 0 Å². The van der Waals surface area contributed by atoms with Crippen molar-refractivity contribution in [2.75, 3.05) is 66.2 Å². The Hall–Kier alpha value is -0.170. The number of guanidine groups is 1. The third-order valence-corrected chi connectivity index (χ3v) is 7.44. The van der Waals surface area contributed by atoms with Crippen LogP contribution in [0, 0.1) is 0 Å². The largest absolute Gasteiger partial charge is 0.355 e. The number of hydrogen-bond donors (Lipinski definition) is 2. The maximum absolute atomic E-state index is 12.2. The number of hydrogen-bond acceptors (Lipinski definition) is 5. The molecule has 0 amide bonds. The van der Waals surface area contributed by atoms with E-state index in [1.54, 1.807) is 11.4 Å². The minimum absolute atomic E-state index is 0. The van der Waals surface area contributed by atoms with Gasteiger partial charge >= 0.3 is 0 Å². The second-order valence-corrected chi connectivity index (χ2v) is 9.57. The van der Waals surface area contributed by atoms with Gasteiger partial charge in [0.2, 0.25) is 10.0 Å². The van der Waals surface area contributed by atoms with Gasteiger partial charge in [0.05, 0.1) is 5.75 Å². The fourth-order valence-electron chi connectivity index (χ4n) is 3.59. The lowest BCUT2D eigenvalue weighted by Crippen LogP contribution is -2.56. The van der Waals surface area contributed by atoms with E-state index in [9.17, 15) is 8.42 Å². The molecule has 0 aliphatic carbocycles. The van der Waals surface area contributed by atoms with E-state index in [-0.39, 0.29) is 35.8 Å². The first-order valence-corrected chi connectivity index (χ1v) is 11.3. The average molecular weight is 516 g/mol. The highest BCUT2D eigenvalue weighted by Gasteiger charge is 2.28. The Morgan fingerprint density at radius 2 is 1.81 bits per heavy atom. The minimum atomic E-state index is -3.08. The molecule has 0 saturated carbocycles. The molecule has 2 aliphatic rings. The number of rotatable bonds is 6. The molecule has 0 aromatic rings. The van der Waals surface area contributed by atoms with Crippen LogP contribution in [-0.4, -0.2) is 107 Å². The Morgan fingerprint density at radius 1 is 1.15 bits per heavy atom. The number of sulfonamides is 1. The number of likely N-dealkylation sites (N-methyl/N-ethyl adjacent to an activating group) is 2. The van der Waals surface area contributed by atoms with Gasteiger partial charge in [-0.15, -0.1) is 24.0 Å². The summed E-state index contributed by atoms with van der Waals surface area (Å²) in [6.45, 7) is 7.18. The normalized spacial score (nSPS) is 24.4. The lowest BCUT2D eigenvalue weighted by atomic mass is 10.1. The van der Waals surface area contributed by atoms with Gasteiger partial charge in [-0.3, -0.25) is 9.89 Å². The van der Waals surface area contributed by atoms with Crippen molar-refractivity contribution in [2.24, 2.45) is 4.99 Å². The fourth-order valence-corrected chi connectivity index (χ4v) is 5.13. The summed E-state index contributed by atoms with van der Waals surface area (Å²) < 4.78 is 26.0. The van der Waals surface area contributed by atoms with Crippen molar-refractivity contribution in [3.8, 4) is 0 Å². The summed E-state index contributed by atoms with van der Waals surface area (Å²) >= 11 is 0. The van der Waals surface area contributed by atoms with E-state index >= 15 is 0 Å². The number of aliphatic imine (C=N–C) groups is 1. The van der Waals surface area contributed by atoms with Crippen molar-refractivity contribution in [2.45, 2.75) is 38.3 Å². The summed E-state index contributed by atoms with van der Waals surface area (Å²) in [4.78, 5) is 9.08. The summed E-state index contributed by atoms with van der Waals surface area (Å²) in [5.41, 5.74) is 0. The molecule has 2 N–H and O–H groups in total. The quantitative estimate of drug-likeness (QED) is 0.299. The van der Waals surface area contributed by atoms with Gasteiger partial charge in [0.1, 0.15) is 0 Å². The molecule has 2 rings (SSSR count). The highest BCUT2D eigenvalue weighted by atomic mass is 127. The van der Waals surface area contributed by atoms with Crippen molar-refractivity contribution in [3.05, 3.63) is 0 Å². The Kier molecular flexibility index (Phi) is 10.8. The number of piperazine rings is 1. The number of piperidine rings is 1. The van der Waals surface area contributed by atoms with Crippen LogP contribution >= 0.6 is 24.0 Å². The second kappa shape index (κ2) is 11.7. The summed E-state index contributed by atoms with van der Waals surface area (Å²) in [5.74, 6) is 1.05. The molecule has 160 valence electrons. The van der Waals surface area contributed by atoms with Crippen LogP contribution < -0.4 is 10.6 Å². The van der Waals surface area contributed by atoms with Crippen molar-refractivity contribution in [1.82, 2.24) is 24.7 Å². The van der Waals surface area contributed by atoms with Gasteiger partial charge in [0.15, 0.2) is 5.96 Å². The molecule has 1 atom stereocenters. The van der Waals surface area contributed by atoms with Crippen molar-refractivity contribution in [1.29, 1.82) is 0 Å². The molecular weight excluding hydrogens is 479 g/mol. The molecule has 0 aromatic heterocycles. The molecule has 10 heteroatoms. The predicted molar refractivity (Wildman–Crippen MR) is 123 cm³/mol. The zero-order chi connectivity index (χ0) is 19.2. The Balaban J connectivity index is 0.00000364. The van der Waals surface area contributed by atoms with E-state index in [0.29, 0.717) is 25.6 Å². The third-order valence-electron chi connectivity index (χ3n) is 5.36. The molecule has 2 aliphatic heterocycles. The van der Waals surface area contributed by atoms with Crippen LogP contribution in [0.3, 0.4) is 0 Å². The summed E-state index contributed by atoms with van der Waals surface area (Å²) in [6.07, 6.45) is 2.30. The molecule has 0 spiro atoms. The van der Waals surface area contributed by atoms with Gasteiger partial charge in [-0.25, -0.2) is 12.7 Å². The lowest BCUT2D eigenvalue weighted by Gasteiger charge is -2.38. The van der Waals surface area contributed by atoms with Gasteiger partial charge in [0.25, 0.3) is 0 Å². The van der Waals surface area contributed by atoms with Crippen LogP contribution in [0.5, 0.6) is 0 Å². The number of halogens is 1. The van der Waals surface area contributed by atoms with E-state index in [4.69, 9.17) is 0 Å². The van der Waals surface area contributed by atoms with Crippen molar-refractivity contribution >= 4 is 40.0 Å². The summed E-state index contributed by atoms with van der Waals surface area (Å²) in [7, 11) is 3.04. The Morgan fingerprint density at radius 3 is 2.41 bits per heavy atom. The maximum atomic E-state index is 12.2. The maximum Gasteiger partial charge on any atom is 0.214 e. The van der Waals surface area contributed by atoms with Gasteiger partial charge in [-0.1, -0.05) is 6.92 Å². The van der Waals surface area contributed by atoms with E-state index in [1.807, 2.05) is 6.92 Å². The third kappa shape index (κ3) is 7.64. The lowest BCUT2D eigenvalue weighted by molar-refractivity contribution is 0.116. The zero-order valence-electron chi connectivity index (χ0n) is 17.1. The van der Waals surface area contributed by atoms with Gasteiger partial charge in [-0.2, -0.15) is 0 Å². The Bertz CT molecular complexity index is 566. The van der Waals surface area contributed by atoms with E-state index in [2.05, 4.69) is 39.5 Å². The molecule has 2 saturated heterocycles. The van der Waals surface area contributed by atoms with Crippen molar-refractivity contribution < 1.29 is 8.42 Å². The van der Waals surface area contributed by atoms with Crippen LogP contribution in [0.4, 0.5) is 0 Å². The van der Waals surface area contributed by atoms with Gasteiger partial charge < -0.3 is 15.5 Å². The zero-order valence-corrected chi connectivity index (χ0v) is 20.3. The molecule has 1 unspecified atom stereocenters. The first kappa shape index (κ1) is 24.9. The molecule has 0 radical (unpaired) electrons. The van der Waals surface area contributed by atoms with E-state index in [1.165, 1.54) is 0 Å². The minimum Gasteiger partial charge on any atom is -0.355 e. The predicted octanol–water partition coefficient (Wildman–Crippen LogP) is 0.219. The van der Waals surface area contributed by atoms with Crippen LogP contribution in [0.1, 0.15) is 26.2 Å². The SMILES string of the molecule is CCCS(=O)(=O)N1CCC(NC(=NC)NCC2CN(C)CCN2C)CC1.I. The summed E-state index contributed by atoms with van der Waals surface area (Å²) in [5, 5.41) is 6.90. The molecule has 8 nitrogen and oxygen atoms in total. The fraction of sp³-hybridized carbons (Fsp3) is 0.941. The highest BCUT2D eigenvalue weighted by Crippen LogP contribution is 2.15. The first-order valence-electron chi connectivity index (χ1n) is 9.69. The van der Waals surface area contributed by atoms with Crippen LogP contribution in [0.2, 0.25) is 0 Å². The molecule has 0 aromatic carbocycles. The van der Waals surface area contributed by atoms with Crippen LogP contribution in [0.15, 0.2) is 4.99 Å². The summed E-state index contributed by atoms with van der Waals surface area (Å²) in [6, 6.07) is 0.731. The second-order valence-electron chi connectivity index (χ2n) is 7.48. The smallest absolute Gasteiger partial charge is 0.214 e. The number of nitrogens with one attached hydrogen (secondary N) is 2. The first-order chi connectivity index (χ1) is 12.4. The molecule has 2 heterocycles. The highest BCUT2D eigenvalue weighted by molar-refractivity contribution is 14.0.